The van der Waals surface area contributed by atoms with Crippen molar-refractivity contribution in [3.63, 3.8) is 0 Å². The Morgan fingerprint density at radius 1 is 1.19 bits per heavy atom. The molecular formula is C19H22ClN3O3. The van der Waals surface area contributed by atoms with E-state index in [0.717, 1.165) is 5.56 Å². The Kier molecular flexibility index (Phi) is 7.44. The average Bonchev–Trinajstić information content (AvgIpc) is 2.61. The van der Waals surface area contributed by atoms with Crippen LogP contribution in [0.4, 0.5) is 5.69 Å². The van der Waals surface area contributed by atoms with Gasteiger partial charge in [0.2, 0.25) is 5.91 Å². The van der Waals surface area contributed by atoms with Crippen LogP contribution >= 0.6 is 11.6 Å². The molecule has 0 saturated heterocycles. The lowest BCUT2D eigenvalue weighted by molar-refractivity contribution is -0.114. The lowest BCUT2D eigenvalue weighted by Gasteiger charge is -2.14. The van der Waals surface area contributed by atoms with Crippen LogP contribution in [0.3, 0.4) is 0 Å². The lowest BCUT2D eigenvalue weighted by atomic mass is 10.1. The highest BCUT2D eigenvalue weighted by molar-refractivity contribution is 6.31. The topological polar surface area (TPSA) is 93.5 Å². The first-order valence-electron chi connectivity index (χ1n) is 8.27. The van der Waals surface area contributed by atoms with Crippen LogP contribution in [0.15, 0.2) is 42.5 Å². The number of ether oxygens (including phenoxy) is 1. The van der Waals surface area contributed by atoms with E-state index in [-0.39, 0.29) is 18.4 Å². The van der Waals surface area contributed by atoms with Crippen molar-refractivity contribution in [2.75, 3.05) is 18.4 Å². The van der Waals surface area contributed by atoms with Gasteiger partial charge < -0.3 is 21.1 Å². The van der Waals surface area contributed by atoms with Gasteiger partial charge in [-0.25, -0.2) is 0 Å². The maximum atomic E-state index is 12.2. The highest BCUT2D eigenvalue weighted by Crippen LogP contribution is 2.28. The molecule has 0 aliphatic rings. The molecule has 0 spiro atoms. The van der Waals surface area contributed by atoms with Crippen LogP contribution < -0.4 is 21.1 Å². The number of anilines is 1. The summed E-state index contributed by atoms with van der Waals surface area (Å²) >= 11 is 6.14. The maximum absolute atomic E-state index is 12.2. The van der Waals surface area contributed by atoms with Crippen molar-refractivity contribution in [3.8, 4) is 5.75 Å². The minimum Gasteiger partial charge on any atom is -0.487 e. The second-order valence-corrected chi connectivity index (χ2v) is 6.08. The highest BCUT2D eigenvalue weighted by Gasteiger charge is 2.12. The van der Waals surface area contributed by atoms with E-state index in [4.69, 9.17) is 22.1 Å². The fourth-order valence-electron chi connectivity index (χ4n) is 2.25. The smallest absolute Gasteiger partial charge is 0.251 e. The van der Waals surface area contributed by atoms with Crippen LogP contribution in [0.1, 0.15) is 29.3 Å². The summed E-state index contributed by atoms with van der Waals surface area (Å²) in [4.78, 5) is 23.6. The molecule has 2 rings (SSSR count). The predicted octanol–water partition coefficient (Wildman–Crippen LogP) is 2.96. The number of benzene rings is 2. The maximum Gasteiger partial charge on any atom is 0.251 e. The number of amides is 2. The first-order chi connectivity index (χ1) is 12.5. The Labute approximate surface area is 157 Å². The fraction of sp³-hybridized carbons (Fsp3) is 0.263. The van der Waals surface area contributed by atoms with E-state index < -0.39 is 0 Å². The minimum atomic E-state index is -0.229. The van der Waals surface area contributed by atoms with Gasteiger partial charge in [-0.15, -0.1) is 0 Å². The van der Waals surface area contributed by atoms with Gasteiger partial charge in [0.1, 0.15) is 12.4 Å². The Bertz CT molecular complexity index is 780. The van der Waals surface area contributed by atoms with E-state index in [1.807, 2.05) is 18.2 Å². The summed E-state index contributed by atoms with van der Waals surface area (Å²) in [6.07, 6.45) is 0.700. The molecular weight excluding hydrogens is 354 g/mol. The molecule has 4 N–H and O–H groups in total. The van der Waals surface area contributed by atoms with Gasteiger partial charge in [-0.3, -0.25) is 9.59 Å². The van der Waals surface area contributed by atoms with Crippen molar-refractivity contribution in [1.82, 2.24) is 5.32 Å². The van der Waals surface area contributed by atoms with Gasteiger partial charge in [0, 0.05) is 29.6 Å². The minimum absolute atomic E-state index is 0.213. The Morgan fingerprint density at radius 3 is 2.65 bits per heavy atom. The number of rotatable bonds is 8. The summed E-state index contributed by atoms with van der Waals surface area (Å²) in [7, 11) is 0. The van der Waals surface area contributed by atoms with Crippen LogP contribution in [0.25, 0.3) is 0 Å². The molecule has 0 aromatic heterocycles. The number of hydrogen-bond donors (Lipinski definition) is 3. The molecule has 0 fully saturated rings. The third-order valence-corrected chi connectivity index (χ3v) is 3.93. The molecule has 26 heavy (non-hydrogen) atoms. The molecule has 7 heteroatoms. The first kappa shape index (κ1) is 19.8. The molecule has 0 atom stereocenters. The predicted molar refractivity (Wildman–Crippen MR) is 103 cm³/mol. The summed E-state index contributed by atoms with van der Waals surface area (Å²) in [5.41, 5.74) is 7.16. The summed E-state index contributed by atoms with van der Waals surface area (Å²) in [6.45, 7) is 2.63. The van der Waals surface area contributed by atoms with Crippen LogP contribution in [-0.2, 0) is 11.4 Å². The summed E-state index contributed by atoms with van der Waals surface area (Å²) in [6, 6.07) is 12.2. The molecule has 0 bridgehead atoms. The summed E-state index contributed by atoms with van der Waals surface area (Å²) in [5.74, 6) is -0.0604. The van der Waals surface area contributed by atoms with E-state index in [0.29, 0.717) is 41.5 Å². The Morgan fingerprint density at radius 2 is 1.96 bits per heavy atom. The van der Waals surface area contributed by atoms with Crippen molar-refractivity contribution in [2.45, 2.75) is 20.0 Å². The van der Waals surface area contributed by atoms with Crippen molar-refractivity contribution in [2.24, 2.45) is 5.73 Å². The first-order valence-corrected chi connectivity index (χ1v) is 8.65. The molecule has 0 heterocycles. The van der Waals surface area contributed by atoms with Crippen LogP contribution in [0.2, 0.25) is 5.02 Å². The van der Waals surface area contributed by atoms with E-state index in [1.165, 1.54) is 6.92 Å². The Balaban J connectivity index is 2.19. The zero-order chi connectivity index (χ0) is 18.9. The molecule has 0 saturated carbocycles. The normalized spacial score (nSPS) is 10.3. The van der Waals surface area contributed by atoms with E-state index in [1.54, 1.807) is 24.3 Å². The van der Waals surface area contributed by atoms with E-state index >= 15 is 0 Å². The lowest BCUT2D eigenvalue weighted by Crippen LogP contribution is -2.26. The molecule has 0 unspecified atom stereocenters. The van der Waals surface area contributed by atoms with Gasteiger partial charge in [0.25, 0.3) is 5.91 Å². The van der Waals surface area contributed by atoms with Crippen LogP contribution in [0.5, 0.6) is 5.75 Å². The molecule has 6 nitrogen and oxygen atoms in total. The summed E-state index contributed by atoms with van der Waals surface area (Å²) < 4.78 is 5.82. The Hall–Kier alpha value is -2.57. The standard InChI is InChI=1S/C19H22ClN3O3/c1-13(24)23-17-8-7-14(19(25)22-10-4-9-21)11-18(17)26-12-15-5-2-3-6-16(15)20/h2-3,5-8,11H,4,9-10,12,21H2,1H3,(H,22,25)(H,23,24). The van der Waals surface area contributed by atoms with Gasteiger partial charge in [-0.2, -0.15) is 0 Å². The number of hydrogen-bond acceptors (Lipinski definition) is 4. The van der Waals surface area contributed by atoms with Crippen molar-refractivity contribution in [3.05, 3.63) is 58.6 Å². The molecule has 2 aromatic rings. The average molecular weight is 376 g/mol. The fourth-order valence-corrected chi connectivity index (χ4v) is 2.44. The SMILES string of the molecule is CC(=O)Nc1ccc(C(=O)NCCCN)cc1OCc1ccccc1Cl. The van der Waals surface area contributed by atoms with Gasteiger partial charge in [-0.1, -0.05) is 29.8 Å². The zero-order valence-electron chi connectivity index (χ0n) is 14.5. The van der Waals surface area contributed by atoms with E-state index in [2.05, 4.69) is 10.6 Å². The van der Waals surface area contributed by atoms with E-state index in [9.17, 15) is 9.59 Å². The van der Waals surface area contributed by atoms with Crippen LogP contribution in [0, 0.1) is 0 Å². The van der Waals surface area contributed by atoms with Crippen molar-refractivity contribution in [1.29, 1.82) is 0 Å². The number of carbonyl (C=O) groups excluding carboxylic acids is 2. The number of nitrogens with one attached hydrogen (secondary N) is 2. The third kappa shape index (κ3) is 5.75. The molecule has 2 amide bonds. The quantitative estimate of drug-likeness (QED) is 0.618. The molecule has 0 aliphatic heterocycles. The second-order valence-electron chi connectivity index (χ2n) is 5.67. The van der Waals surface area contributed by atoms with Crippen LogP contribution in [-0.4, -0.2) is 24.9 Å². The zero-order valence-corrected chi connectivity index (χ0v) is 15.3. The third-order valence-electron chi connectivity index (χ3n) is 3.56. The largest absolute Gasteiger partial charge is 0.487 e. The number of nitrogens with two attached hydrogens (primary N) is 1. The molecule has 138 valence electrons. The molecule has 0 aliphatic carbocycles. The number of carbonyl (C=O) groups is 2. The molecule has 0 radical (unpaired) electrons. The van der Waals surface area contributed by atoms with Gasteiger partial charge in [0.05, 0.1) is 5.69 Å². The monoisotopic (exact) mass is 375 g/mol. The van der Waals surface area contributed by atoms with Gasteiger partial charge in [-0.05, 0) is 37.2 Å². The summed E-state index contributed by atoms with van der Waals surface area (Å²) in [5, 5.41) is 6.07. The van der Waals surface area contributed by atoms with Gasteiger partial charge in [0.15, 0.2) is 0 Å². The van der Waals surface area contributed by atoms with Crippen molar-refractivity contribution >= 4 is 29.1 Å². The highest BCUT2D eigenvalue weighted by atomic mass is 35.5. The molecule has 2 aromatic carbocycles. The van der Waals surface area contributed by atoms with Crippen molar-refractivity contribution < 1.29 is 14.3 Å². The second kappa shape index (κ2) is 9.79. The number of halogens is 1. The van der Waals surface area contributed by atoms with Gasteiger partial charge >= 0.3 is 0 Å².